The zero-order chi connectivity index (χ0) is 33.0. The van der Waals surface area contributed by atoms with Crippen molar-refractivity contribution in [3.05, 3.63) is 194 Å². The minimum atomic E-state index is 1.22. The predicted molar refractivity (Wildman–Crippen MR) is 216 cm³/mol. The van der Waals surface area contributed by atoms with Crippen molar-refractivity contribution in [3.63, 3.8) is 0 Å². The average molecular weight is 633 g/mol. The minimum absolute atomic E-state index is 1.22. The molecule has 10 aromatic rings. The molecule has 0 aliphatic carbocycles. The lowest BCUT2D eigenvalue weighted by atomic mass is 9.83. The van der Waals surface area contributed by atoms with Crippen LogP contribution in [-0.2, 0) is 0 Å². The fraction of sp³-hybridized carbons (Fsp3) is 0. The molecule has 0 aliphatic heterocycles. The van der Waals surface area contributed by atoms with Crippen LogP contribution >= 0.6 is 0 Å². The van der Waals surface area contributed by atoms with Crippen molar-refractivity contribution in [2.24, 2.45) is 0 Å². The zero-order valence-electron chi connectivity index (χ0n) is 27.5. The van der Waals surface area contributed by atoms with Crippen molar-refractivity contribution in [2.45, 2.75) is 0 Å². The maximum atomic E-state index is 2.38. The molecule has 0 atom stereocenters. The first kappa shape index (κ1) is 28.5. The summed E-state index contributed by atoms with van der Waals surface area (Å²) in [6.07, 6.45) is 0. The van der Waals surface area contributed by atoms with Gasteiger partial charge in [0, 0.05) is 0 Å². The van der Waals surface area contributed by atoms with Gasteiger partial charge in [0.2, 0.25) is 0 Å². The van der Waals surface area contributed by atoms with Crippen molar-refractivity contribution in [3.8, 4) is 44.5 Å². The van der Waals surface area contributed by atoms with Crippen LogP contribution in [0, 0.1) is 0 Å². The monoisotopic (exact) mass is 632 g/mol. The van der Waals surface area contributed by atoms with Gasteiger partial charge in [-0.1, -0.05) is 176 Å². The summed E-state index contributed by atoms with van der Waals surface area (Å²) in [4.78, 5) is 0. The molecule has 0 bridgehead atoms. The molecule has 0 nitrogen and oxygen atoms in total. The third-order valence-electron chi connectivity index (χ3n) is 10.4. The van der Waals surface area contributed by atoms with Gasteiger partial charge >= 0.3 is 0 Å². The first-order chi connectivity index (χ1) is 24.8. The number of hydrogen-bond donors (Lipinski definition) is 0. The molecule has 0 heterocycles. The van der Waals surface area contributed by atoms with Crippen molar-refractivity contribution in [1.29, 1.82) is 0 Å². The van der Waals surface area contributed by atoms with E-state index in [1.165, 1.54) is 98.4 Å². The summed E-state index contributed by atoms with van der Waals surface area (Å²) in [5.41, 5.74) is 9.92. The van der Waals surface area contributed by atoms with Crippen LogP contribution < -0.4 is 0 Å². The molecule has 10 aromatic carbocycles. The Hall–Kier alpha value is -6.50. The maximum absolute atomic E-state index is 2.38. The third-order valence-corrected chi connectivity index (χ3v) is 10.4. The van der Waals surface area contributed by atoms with Crippen LogP contribution in [0.15, 0.2) is 194 Å². The van der Waals surface area contributed by atoms with E-state index in [-0.39, 0.29) is 0 Å². The Kier molecular flexibility index (Phi) is 6.60. The van der Waals surface area contributed by atoms with Crippen LogP contribution in [0.4, 0.5) is 0 Å². The van der Waals surface area contributed by atoms with Gasteiger partial charge in [0.05, 0.1) is 0 Å². The molecule has 0 N–H and O–H groups in total. The Morgan fingerprint density at radius 3 is 1.34 bits per heavy atom. The normalized spacial score (nSPS) is 11.6. The van der Waals surface area contributed by atoms with Crippen molar-refractivity contribution < 1.29 is 0 Å². The van der Waals surface area contributed by atoms with Crippen LogP contribution in [0.1, 0.15) is 0 Å². The number of rotatable bonds is 4. The topological polar surface area (TPSA) is 0 Å². The van der Waals surface area contributed by atoms with Crippen molar-refractivity contribution >= 4 is 53.9 Å². The highest BCUT2D eigenvalue weighted by atomic mass is 14.2. The quantitative estimate of drug-likeness (QED) is 0.134. The molecular formula is C50H32. The van der Waals surface area contributed by atoms with Crippen molar-refractivity contribution in [1.82, 2.24) is 0 Å². The molecule has 50 heavy (non-hydrogen) atoms. The first-order valence-electron chi connectivity index (χ1n) is 17.3. The SMILES string of the molecule is c1cc(-c2ccc3ccccc3c2)cc(-c2c3ccccc3c(-c3ccc(-c4ccc5ccccc5c4)cc3)c3ccc4ccccc4c23)c1. The molecule has 0 unspecified atom stereocenters. The lowest BCUT2D eigenvalue weighted by Gasteiger charge is -2.20. The van der Waals surface area contributed by atoms with Gasteiger partial charge in [0.1, 0.15) is 0 Å². The van der Waals surface area contributed by atoms with Gasteiger partial charge in [-0.15, -0.1) is 0 Å². The molecule has 0 spiro atoms. The van der Waals surface area contributed by atoms with Gasteiger partial charge in [-0.05, 0) is 117 Å². The Morgan fingerprint density at radius 1 is 0.200 bits per heavy atom. The highest BCUT2D eigenvalue weighted by Gasteiger charge is 2.19. The molecule has 0 saturated carbocycles. The summed E-state index contributed by atoms with van der Waals surface area (Å²) in [7, 11) is 0. The van der Waals surface area contributed by atoms with E-state index in [1.54, 1.807) is 0 Å². The molecule has 0 heteroatoms. The van der Waals surface area contributed by atoms with E-state index < -0.39 is 0 Å². The summed E-state index contributed by atoms with van der Waals surface area (Å²) in [5.74, 6) is 0. The Morgan fingerprint density at radius 2 is 0.660 bits per heavy atom. The van der Waals surface area contributed by atoms with E-state index in [0.717, 1.165) is 0 Å². The lowest BCUT2D eigenvalue weighted by Crippen LogP contribution is -1.92. The van der Waals surface area contributed by atoms with Gasteiger partial charge in [-0.2, -0.15) is 0 Å². The van der Waals surface area contributed by atoms with Gasteiger partial charge in [0.15, 0.2) is 0 Å². The Labute approximate surface area is 291 Å². The highest BCUT2D eigenvalue weighted by Crippen LogP contribution is 2.47. The van der Waals surface area contributed by atoms with Gasteiger partial charge in [-0.3, -0.25) is 0 Å². The fourth-order valence-electron chi connectivity index (χ4n) is 7.98. The molecule has 0 aliphatic rings. The van der Waals surface area contributed by atoms with Crippen LogP contribution in [0.25, 0.3) is 98.4 Å². The Balaban J connectivity index is 1.20. The van der Waals surface area contributed by atoms with Crippen LogP contribution in [-0.4, -0.2) is 0 Å². The first-order valence-corrected chi connectivity index (χ1v) is 17.3. The molecule has 0 radical (unpaired) electrons. The molecule has 0 saturated heterocycles. The molecule has 0 aromatic heterocycles. The number of hydrogen-bond acceptors (Lipinski definition) is 0. The molecular weight excluding hydrogens is 601 g/mol. The summed E-state index contributed by atoms with van der Waals surface area (Å²) in [6, 6.07) is 71.4. The largest absolute Gasteiger partial charge is 0.0616 e. The second kappa shape index (κ2) is 11.6. The van der Waals surface area contributed by atoms with E-state index in [0.29, 0.717) is 0 Å². The number of benzene rings is 10. The molecule has 232 valence electrons. The van der Waals surface area contributed by atoms with Gasteiger partial charge in [-0.25, -0.2) is 0 Å². The average Bonchev–Trinajstić information content (AvgIpc) is 3.19. The van der Waals surface area contributed by atoms with E-state index >= 15 is 0 Å². The van der Waals surface area contributed by atoms with Gasteiger partial charge in [0.25, 0.3) is 0 Å². The third kappa shape index (κ3) is 4.69. The van der Waals surface area contributed by atoms with Gasteiger partial charge < -0.3 is 0 Å². The van der Waals surface area contributed by atoms with Crippen LogP contribution in [0.2, 0.25) is 0 Å². The van der Waals surface area contributed by atoms with E-state index in [9.17, 15) is 0 Å². The van der Waals surface area contributed by atoms with E-state index in [2.05, 4.69) is 194 Å². The molecule has 0 fully saturated rings. The zero-order valence-corrected chi connectivity index (χ0v) is 27.5. The molecule has 10 rings (SSSR count). The van der Waals surface area contributed by atoms with Crippen LogP contribution in [0.5, 0.6) is 0 Å². The highest BCUT2D eigenvalue weighted by molar-refractivity contribution is 6.28. The second-order valence-corrected chi connectivity index (χ2v) is 13.3. The predicted octanol–water partition coefficient (Wildman–Crippen LogP) is 14.1. The van der Waals surface area contributed by atoms with Crippen molar-refractivity contribution in [2.75, 3.05) is 0 Å². The summed E-state index contributed by atoms with van der Waals surface area (Å²) in [6.45, 7) is 0. The standard InChI is InChI=1S/C50H32/c1-3-13-38-30-41(26-22-33(38)10-1)35-20-24-37(25-21-35)48-45-18-7-8-19-46(45)49(50-44-17-6-5-12-36(44)28-29-47(48)50)43-16-9-15-40(32-43)42-27-23-34-11-2-4-14-39(34)31-42/h1-32H. The lowest BCUT2D eigenvalue weighted by molar-refractivity contribution is 1.62. The molecule has 0 amide bonds. The fourth-order valence-corrected chi connectivity index (χ4v) is 7.98. The minimum Gasteiger partial charge on any atom is -0.0616 e. The maximum Gasteiger partial charge on any atom is -0.00141 e. The summed E-state index contributed by atoms with van der Waals surface area (Å²) in [5, 5.41) is 12.7. The van der Waals surface area contributed by atoms with E-state index in [1.807, 2.05) is 0 Å². The van der Waals surface area contributed by atoms with E-state index in [4.69, 9.17) is 0 Å². The summed E-state index contributed by atoms with van der Waals surface area (Å²) >= 11 is 0. The summed E-state index contributed by atoms with van der Waals surface area (Å²) < 4.78 is 0. The van der Waals surface area contributed by atoms with Crippen LogP contribution in [0.3, 0.4) is 0 Å². The number of fused-ring (bicyclic) bond motifs is 6. The smallest absolute Gasteiger partial charge is 0.00141 e. The Bertz CT molecular complexity index is 2910. The second-order valence-electron chi connectivity index (χ2n) is 13.3.